The molecule has 1 N–H and O–H groups in total. The summed E-state index contributed by atoms with van der Waals surface area (Å²) >= 11 is 0. The molecule has 0 saturated carbocycles. The van der Waals surface area contributed by atoms with Crippen LogP contribution in [0, 0.1) is 20.8 Å². The van der Waals surface area contributed by atoms with Gasteiger partial charge in [-0.3, -0.25) is 0 Å². The molecule has 0 atom stereocenters. The highest BCUT2D eigenvalue weighted by atomic mass is 16.5. The Balaban J connectivity index is 1.64. The minimum Gasteiger partial charge on any atom is -0.495 e. The van der Waals surface area contributed by atoms with E-state index in [0.717, 1.165) is 41.3 Å². The van der Waals surface area contributed by atoms with Crippen molar-refractivity contribution in [2.45, 2.75) is 20.8 Å². The van der Waals surface area contributed by atoms with Crippen molar-refractivity contribution in [2.24, 2.45) is 0 Å². The van der Waals surface area contributed by atoms with E-state index in [-0.39, 0.29) is 6.03 Å². The monoisotopic (exact) mass is 353 g/mol. The van der Waals surface area contributed by atoms with Gasteiger partial charge in [0.25, 0.3) is 0 Å². The third kappa shape index (κ3) is 3.77. The lowest BCUT2D eigenvalue weighted by atomic mass is 10.1. The summed E-state index contributed by atoms with van der Waals surface area (Å²) < 4.78 is 5.45. The molecule has 1 fully saturated rings. The van der Waals surface area contributed by atoms with Crippen LogP contribution in [0.5, 0.6) is 5.75 Å². The topological polar surface area (TPSA) is 44.8 Å². The van der Waals surface area contributed by atoms with Gasteiger partial charge in [0.2, 0.25) is 0 Å². The van der Waals surface area contributed by atoms with Crippen molar-refractivity contribution in [3.8, 4) is 5.75 Å². The molecule has 5 nitrogen and oxygen atoms in total. The van der Waals surface area contributed by atoms with Crippen LogP contribution in [0.4, 0.5) is 16.2 Å². The third-order valence-corrected chi connectivity index (χ3v) is 4.90. The molecule has 138 valence electrons. The van der Waals surface area contributed by atoms with Crippen molar-refractivity contribution < 1.29 is 9.53 Å². The van der Waals surface area contributed by atoms with Crippen LogP contribution in [0.3, 0.4) is 0 Å². The van der Waals surface area contributed by atoms with E-state index in [1.54, 1.807) is 7.11 Å². The average molecular weight is 353 g/mol. The molecule has 1 saturated heterocycles. The first kappa shape index (κ1) is 18.1. The minimum absolute atomic E-state index is 0.0280. The number of anilines is 2. The van der Waals surface area contributed by atoms with Crippen LogP contribution in [-0.4, -0.2) is 44.2 Å². The summed E-state index contributed by atoms with van der Waals surface area (Å²) in [5.74, 6) is 0.872. The van der Waals surface area contributed by atoms with Gasteiger partial charge in [0.15, 0.2) is 0 Å². The molecule has 5 heteroatoms. The number of carbonyl (C=O) groups is 1. The zero-order valence-electron chi connectivity index (χ0n) is 16.0. The summed E-state index contributed by atoms with van der Waals surface area (Å²) in [7, 11) is 1.69. The molecule has 0 spiro atoms. The van der Waals surface area contributed by atoms with Crippen molar-refractivity contribution >= 4 is 17.4 Å². The average Bonchev–Trinajstić information content (AvgIpc) is 2.64. The molecule has 3 rings (SSSR count). The SMILES string of the molecule is COc1ccccc1N1CCN(C(=O)Nc2c(C)cc(C)cc2C)CC1. The first-order valence-electron chi connectivity index (χ1n) is 9.01. The Morgan fingerprint density at radius 1 is 1.00 bits per heavy atom. The highest BCUT2D eigenvalue weighted by molar-refractivity contribution is 5.91. The Morgan fingerprint density at radius 2 is 1.62 bits per heavy atom. The van der Waals surface area contributed by atoms with Gasteiger partial charge >= 0.3 is 6.03 Å². The van der Waals surface area contributed by atoms with Crippen molar-refractivity contribution in [1.82, 2.24) is 4.90 Å². The molecular formula is C21H27N3O2. The number of nitrogens with zero attached hydrogens (tertiary/aromatic N) is 2. The van der Waals surface area contributed by atoms with Crippen LogP contribution < -0.4 is 15.0 Å². The second kappa shape index (κ2) is 7.68. The van der Waals surface area contributed by atoms with Crippen molar-refractivity contribution in [3.05, 3.63) is 53.1 Å². The minimum atomic E-state index is -0.0280. The predicted octanol–water partition coefficient (Wildman–Crippen LogP) is 3.97. The molecule has 0 unspecified atom stereocenters. The Labute approximate surface area is 155 Å². The van der Waals surface area contributed by atoms with Gasteiger partial charge in [0.05, 0.1) is 12.8 Å². The van der Waals surface area contributed by atoms with E-state index in [9.17, 15) is 4.79 Å². The van der Waals surface area contributed by atoms with E-state index in [4.69, 9.17) is 4.74 Å². The number of para-hydroxylation sites is 2. The summed E-state index contributed by atoms with van der Waals surface area (Å²) in [6, 6.07) is 12.2. The van der Waals surface area contributed by atoms with Gasteiger partial charge in [-0.2, -0.15) is 0 Å². The molecule has 1 aliphatic heterocycles. The fourth-order valence-electron chi connectivity index (χ4n) is 3.60. The van der Waals surface area contributed by atoms with Crippen LogP contribution >= 0.6 is 0 Å². The van der Waals surface area contributed by atoms with Gasteiger partial charge in [0, 0.05) is 31.9 Å². The van der Waals surface area contributed by atoms with Crippen LogP contribution in [-0.2, 0) is 0 Å². The maximum atomic E-state index is 12.7. The van der Waals surface area contributed by atoms with E-state index in [0.29, 0.717) is 13.1 Å². The van der Waals surface area contributed by atoms with E-state index < -0.39 is 0 Å². The predicted molar refractivity (Wildman–Crippen MR) is 106 cm³/mol. The number of nitrogens with one attached hydrogen (secondary N) is 1. The zero-order chi connectivity index (χ0) is 18.7. The number of aryl methyl sites for hydroxylation is 3. The molecule has 0 bridgehead atoms. The van der Waals surface area contributed by atoms with Crippen molar-refractivity contribution in [3.63, 3.8) is 0 Å². The second-order valence-electron chi connectivity index (χ2n) is 6.85. The summed E-state index contributed by atoms with van der Waals surface area (Å²) in [6.07, 6.45) is 0. The summed E-state index contributed by atoms with van der Waals surface area (Å²) in [5, 5.41) is 3.10. The second-order valence-corrected chi connectivity index (χ2v) is 6.85. The Hall–Kier alpha value is -2.69. The number of hydrogen-bond acceptors (Lipinski definition) is 3. The molecule has 2 aromatic carbocycles. The molecule has 0 radical (unpaired) electrons. The Bertz CT molecular complexity index is 773. The summed E-state index contributed by atoms with van der Waals surface area (Å²) in [6.45, 7) is 9.11. The number of methoxy groups -OCH3 is 1. The maximum absolute atomic E-state index is 12.7. The van der Waals surface area contributed by atoms with Crippen LogP contribution in [0.15, 0.2) is 36.4 Å². The highest BCUT2D eigenvalue weighted by Gasteiger charge is 2.23. The first-order valence-corrected chi connectivity index (χ1v) is 9.01. The smallest absolute Gasteiger partial charge is 0.321 e. The van der Waals surface area contributed by atoms with Gasteiger partial charge in [-0.15, -0.1) is 0 Å². The molecule has 2 aromatic rings. The third-order valence-electron chi connectivity index (χ3n) is 4.90. The lowest BCUT2D eigenvalue weighted by molar-refractivity contribution is 0.208. The van der Waals surface area contributed by atoms with Gasteiger partial charge < -0.3 is 19.9 Å². The Morgan fingerprint density at radius 3 is 2.23 bits per heavy atom. The largest absolute Gasteiger partial charge is 0.495 e. The van der Waals surface area contributed by atoms with Gasteiger partial charge in [-0.25, -0.2) is 4.79 Å². The van der Waals surface area contributed by atoms with E-state index in [1.807, 2.05) is 36.9 Å². The zero-order valence-corrected chi connectivity index (χ0v) is 16.0. The standard InChI is InChI=1S/C21H27N3O2/c1-15-13-16(2)20(17(3)14-15)22-21(25)24-11-9-23(10-12-24)18-7-5-6-8-19(18)26-4/h5-8,13-14H,9-12H2,1-4H3,(H,22,25). The van der Waals surface area contributed by atoms with Gasteiger partial charge in [0.1, 0.15) is 5.75 Å². The molecule has 0 aromatic heterocycles. The number of rotatable bonds is 3. The maximum Gasteiger partial charge on any atom is 0.321 e. The lowest BCUT2D eigenvalue weighted by Gasteiger charge is -2.36. The highest BCUT2D eigenvalue weighted by Crippen LogP contribution is 2.28. The van der Waals surface area contributed by atoms with Crippen LogP contribution in [0.1, 0.15) is 16.7 Å². The number of benzene rings is 2. The molecule has 1 heterocycles. The number of urea groups is 1. The lowest BCUT2D eigenvalue weighted by Crippen LogP contribution is -2.50. The Kier molecular flexibility index (Phi) is 5.35. The quantitative estimate of drug-likeness (QED) is 0.908. The number of ether oxygens (including phenoxy) is 1. The fraction of sp³-hybridized carbons (Fsp3) is 0.381. The molecular weight excluding hydrogens is 326 g/mol. The van der Waals surface area contributed by atoms with Crippen LogP contribution in [0.2, 0.25) is 0 Å². The molecule has 1 aliphatic rings. The molecule has 2 amide bonds. The number of carbonyl (C=O) groups excluding carboxylic acids is 1. The summed E-state index contributed by atoms with van der Waals surface area (Å²) in [5.41, 5.74) is 5.42. The number of piperazine rings is 1. The number of hydrogen-bond donors (Lipinski definition) is 1. The van der Waals surface area contributed by atoms with E-state index in [2.05, 4.69) is 35.3 Å². The normalized spacial score (nSPS) is 14.3. The first-order chi connectivity index (χ1) is 12.5. The van der Waals surface area contributed by atoms with Crippen LogP contribution in [0.25, 0.3) is 0 Å². The number of amides is 2. The van der Waals surface area contributed by atoms with Gasteiger partial charge in [-0.1, -0.05) is 29.8 Å². The van der Waals surface area contributed by atoms with E-state index in [1.165, 1.54) is 5.56 Å². The van der Waals surface area contributed by atoms with Crippen molar-refractivity contribution in [1.29, 1.82) is 0 Å². The summed E-state index contributed by atoms with van der Waals surface area (Å²) in [4.78, 5) is 16.8. The fourth-order valence-corrected chi connectivity index (χ4v) is 3.60. The van der Waals surface area contributed by atoms with E-state index >= 15 is 0 Å². The van der Waals surface area contributed by atoms with Gasteiger partial charge in [-0.05, 0) is 44.0 Å². The van der Waals surface area contributed by atoms with Crippen molar-refractivity contribution in [2.75, 3.05) is 43.5 Å². The molecule has 0 aliphatic carbocycles. The molecule has 26 heavy (non-hydrogen) atoms.